The van der Waals surface area contributed by atoms with Gasteiger partial charge in [-0.3, -0.25) is 19.2 Å². The van der Waals surface area contributed by atoms with Gasteiger partial charge in [0.05, 0.1) is 0 Å². The highest BCUT2D eigenvalue weighted by atomic mass is 35.5. The number of hydrogen-bond acceptors (Lipinski definition) is 6. The van der Waals surface area contributed by atoms with Gasteiger partial charge in [-0.15, -0.1) is 0 Å². The summed E-state index contributed by atoms with van der Waals surface area (Å²) in [5.41, 5.74) is 5.68. The van der Waals surface area contributed by atoms with Crippen LogP contribution in [0.2, 0.25) is 0 Å². The first-order valence-electron chi connectivity index (χ1n) is 18.1. The van der Waals surface area contributed by atoms with E-state index >= 15 is 0 Å². The number of pyridine rings is 2. The van der Waals surface area contributed by atoms with Crippen molar-refractivity contribution >= 4 is 80.9 Å². The Labute approximate surface area is 350 Å². The SMILES string of the molecule is CC(=O)Nc1ccc(C=Cc2cccc[n+]2CCCC(=O)NCCSSCCNC(=O)CCC[n+]2ccccc2C=Cc2ccc(NC(C)=O)cc2)cc1.[Cl-].[Cl-]. The molecule has 4 amide bonds. The maximum atomic E-state index is 12.4. The largest absolute Gasteiger partial charge is 1.00 e. The van der Waals surface area contributed by atoms with Crippen LogP contribution in [0.3, 0.4) is 0 Å². The van der Waals surface area contributed by atoms with Crippen LogP contribution in [0.5, 0.6) is 0 Å². The maximum Gasteiger partial charge on any atom is 0.221 e. The molecule has 0 bridgehead atoms. The highest BCUT2D eigenvalue weighted by Gasteiger charge is 2.10. The molecular weight excluding hydrogens is 788 g/mol. The number of aryl methyl sites for hydroxylation is 2. The first-order valence-corrected chi connectivity index (χ1v) is 20.6. The number of carbonyl (C=O) groups excluding carboxylic acids is 4. The van der Waals surface area contributed by atoms with Crippen molar-refractivity contribution in [3.63, 3.8) is 0 Å². The van der Waals surface area contributed by atoms with Crippen LogP contribution in [0, 0.1) is 0 Å². The minimum absolute atomic E-state index is 0. The Kier molecular flexibility index (Phi) is 23.0. The van der Waals surface area contributed by atoms with Gasteiger partial charge in [0.25, 0.3) is 0 Å². The highest BCUT2D eigenvalue weighted by molar-refractivity contribution is 8.76. The molecule has 2 aromatic heterocycles. The zero-order valence-corrected chi connectivity index (χ0v) is 34.9. The van der Waals surface area contributed by atoms with E-state index in [9.17, 15) is 19.2 Å². The molecule has 14 heteroatoms. The van der Waals surface area contributed by atoms with Gasteiger partial charge >= 0.3 is 0 Å². The fraction of sp³-hybridized carbons (Fsp3) is 0.286. The van der Waals surface area contributed by atoms with E-state index in [4.69, 9.17) is 0 Å². The molecule has 0 fully saturated rings. The smallest absolute Gasteiger partial charge is 0.221 e. The fourth-order valence-corrected chi connectivity index (χ4v) is 7.21. The molecule has 10 nitrogen and oxygen atoms in total. The van der Waals surface area contributed by atoms with Crippen LogP contribution >= 0.6 is 21.6 Å². The van der Waals surface area contributed by atoms with Crippen LogP contribution in [0.25, 0.3) is 24.3 Å². The Morgan fingerprint density at radius 3 is 1.32 bits per heavy atom. The summed E-state index contributed by atoms with van der Waals surface area (Å²) in [6.07, 6.45) is 14.6. The van der Waals surface area contributed by atoms with E-state index < -0.39 is 0 Å². The minimum Gasteiger partial charge on any atom is -1.00 e. The molecule has 4 rings (SSSR count). The average Bonchev–Trinajstić information content (AvgIpc) is 3.16. The van der Waals surface area contributed by atoms with E-state index in [1.54, 1.807) is 21.6 Å². The monoisotopic (exact) mass is 836 g/mol. The highest BCUT2D eigenvalue weighted by Crippen LogP contribution is 2.19. The van der Waals surface area contributed by atoms with Crippen molar-refractivity contribution in [2.45, 2.75) is 52.6 Å². The summed E-state index contributed by atoms with van der Waals surface area (Å²) in [5, 5.41) is 11.6. The summed E-state index contributed by atoms with van der Waals surface area (Å²) in [6.45, 7) is 5.65. The topological polar surface area (TPSA) is 124 Å². The number of aromatic nitrogens is 2. The van der Waals surface area contributed by atoms with Crippen LogP contribution in [-0.4, -0.2) is 48.2 Å². The third-order valence-corrected chi connectivity index (χ3v) is 10.4. The van der Waals surface area contributed by atoms with E-state index in [-0.39, 0.29) is 48.4 Å². The number of amides is 4. The van der Waals surface area contributed by atoms with Crippen molar-refractivity contribution < 1.29 is 53.1 Å². The average molecular weight is 838 g/mol. The van der Waals surface area contributed by atoms with Gasteiger partial charge in [-0.05, 0) is 59.7 Å². The van der Waals surface area contributed by atoms with E-state index in [1.165, 1.54) is 13.8 Å². The number of nitrogens with zero attached hydrogens (tertiary/aromatic N) is 2. The summed E-state index contributed by atoms with van der Waals surface area (Å²) in [5.74, 6) is 1.50. The van der Waals surface area contributed by atoms with Gasteiger partial charge < -0.3 is 46.1 Å². The molecule has 0 unspecified atom stereocenters. The molecule has 0 spiro atoms. The summed E-state index contributed by atoms with van der Waals surface area (Å²) in [4.78, 5) is 47.3. The van der Waals surface area contributed by atoms with Crippen molar-refractivity contribution in [1.29, 1.82) is 0 Å². The third kappa shape index (κ3) is 18.8. The molecule has 4 aromatic rings. The van der Waals surface area contributed by atoms with Crippen molar-refractivity contribution in [3.8, 4) is 0 Å². The normalized spacial score (nSPS) is 10.7. The van der Waals surface area contributed by atoms with Crippen molar-refractivity contribution in [2.24, 2.45) is 0 Å². The Morgan fingerprint density at radius 1 is 0.554 bits per heavy atom. The Hall–Kier alpha value is -4.62. The molecule has 0 aliphatic rings. The summed E-state index contributed by atoms with van der Waals surface area (Å²) >= 11 is 0. The van der Waals surface area contributed by atoms with Crippen LogP contribution < -0.4 is 55.2 Å². The Bertz CT molecular complexity index is 1760. The zero-order chi connectivity index (χ0) is 38.4. The van der Waals surface area contributed by atoms with Gasteiger partial charge in [-0.1, -0.05) is 45.9 Å². The van der Waals surface area contributed by atoms with Crippen LogP contribution in [-0.2, 0) is 32.3 Å². The van der Waals surface area contributed by atoms with Crippen LogP contribution in [0.4, 0.5) is 11.4 Å². The predicted octanol–water partition coefficient (Wildman–Crippen LogP) is 0.402. The van der Waals surface area contributed by atoms with Gasteiger partial charge in [0.15, 0.2) is 12.4 Å². The molecule has 56 heavy (non-hydrogen) atoms. The van der Waals surface area contributed by atoms with Crippen molar-refractivity contribution in [3.05, 3.63) is 120 Å². The molecule has 4 N–H and O–H groups in total. The first kappa shape index (κ1) is 47.5. The number of halogens is 2. The minimum atomic E-state index is -0.0951. The van der Waals surface area contributed by atoms with Gasteiger partial charge in [-0.2, -0.15) is 9.13 Å². The van der Waals surface area contributed by atoms with E-state index in [1.807, 2.05) is 109 Å². The number of rotatable bonds is 21. The molecule has 0 saturated carbocycles. The van der Waals surface area contributed by atoms with Gasteiger partial charge in [0, 0.05) is 112 Å². The standard InChI is InChI=1S/C42H48N6O4S2.2ClH/c1-33(49)45-37-19-13-35(14-20-37)17-23-39-9-3-5-27-47(39)29-7-11-41(51)43-25-31-53-54-32-26-44-42(52)12-8-30-48-28-6-4-10-40(48)24-18-36-15-21-38(22-16-36)46-34(2)50;;/h3-6,9-10,13-24,27-28H,7-8,11-12,25-26,29-32H2,1-2H3,(H2,43,44,51,52);2*1H. The molecule has 2 heterocycles. The van der Waals surface area contributed by atoms with E-state index in [0.29, 0.717) is 25.9 Å². The molecule has 298 valence electrons. The first-order chi connectivity index (χ1) is 26.2. The molecule has 0 saturated heterocycles. The Balaban J connectivity index is 0.00000541. The maximum absolute atomic E-state index is 12.4. The molecule has 0 radical (unpaired) electrons. The van der Waals surface area contributed by atoms with Gasteiger partial charge in [-0.25, -0.2) is 0 Å². The van der Waals surface area contributed by atoms with Crippen molar-refractivity contribution in [2.75, 3.05) is 35.2 Å². The number of carbonyl (C=O) groups is 4. The summed E-state index contributed by atoms with van der Waals surface area (Å²) in [6, 6.07) is 27.4. The van der Waals surface area contributed by atoms with E-state index in [2.05, 4.69) is 42.6 Å². The lowest BCUT2D eigenvalue weighted by molar-refractivity contribution is -0.699. The second kappa shape index (κ2) is 27.1. The quantitative estimate of drug-likeness (QED) is 0.0548. The molecule has 2 aromatic carbocycles. The van der Waals surface area contributed by atoms with Crippen LogP contribution in [0.15, 0.2) is 97.3 Å². The van der Waals surface area contributed by atoms with E-state index in [0.717, 1.165) is 71.3 Å². The number of anilines is 2. The number of nitrogens with one attached hydrogen (secondary N) is 4. The fourth-order valence-electron chi connectivity index (χ4n) is 5.39. The molecule has 0 aliphatic carbocycles. The Morgan fingerprint density at radius 2 is 0.946 bits per heavy atom. The summed E-state index contributed by atoms with van der Waals surface area (Å²) in [7, 11) is 3.39. The second-order valence-corrected chi connectivity index (χ2v) is 15.2. The van der Waals surface area contributed by atoms with Gasteiger partial charge in [0.1, 0.15) is 13.1 Å². The molecule has 0 aliphatic heterocycles. The number of hydrogen-bond donors (Lipinski definition) is 4. The lowest BCUT2D eigenvalue weighted by atomic mass is 10.1. The zero-order valence-electron chi connectivity index (χ0n) is 31.7. The lowest BCUT2D eigenvalue weighted by Crippen LogP contribution is -3.00. The lowest BCUT2D eigenvalue weighted by Gasteiger charge is -2.06. The molecule has 0 atom stereocenters. The number of benzene rings is 2. The van der Waals surface area contributed by atoms with Gasteiger partial charge in [0.2, 0.25) is 35.0 Å². The molecular formula is C42H50Cl2N6O4S2. The van der Waals surface area contributed by atoms with Crippen molar-refractivity contribution in [1.82, 2.24) is 10.6 Å². The summed E-state index contributed by atoms with van der Waals surface area (Å²) < 4.78 is 4.27. The predicted molar refractivity (Wildman–Crippen MR) is 222 cm³/mol. The van der Waals surface area contributed by atoms with Crippen LogP contribution in [0.1, 0.15) is 62.0 Å². The second-order valence-electron chi connectivity index (χ2n) is 12.5. The third-order valence-electron chi connectivity index (χ3n) is 8.01.